The molecule has 1 aromatic carbocycles. The van der Waals surface area contributed by atoms with Crippen molar-refractivity contribution >= 4 is 22.9 Å². The number of piperazine rings is 1. The third-order valence-electron chi connectivity index (χ3n) is 4.57. The molecule has 1 aliphatic rings. The summed E-state index contributed by atoms with van der Waals surface area (Å²) >= 11 is 5.99. The number of fused-ring (bicyclic) bond motifs is 1. The SMILES string of the molecule is C=CCN1CCN(c2nccn3nc(-c4ccc(Cl)cc4)cc23)CC1. The molecule has 1 fully saturated rings. The number of rotatable bonds is 4. The molecular weight excluding hydrogens is 334 g/mol. The molecule has 1 aliphatic heterocycles. The zero-order valence-corrected chi connectivity index (χ0v) is 14.7. The summed E-state index contributed by atoms with van der Waals surface area (Å²) in [7, 11) is 0. The summed E-state index contributed by atoms with van der Waals surface area (Å²) in [5.74, 6) is 0.994. The predicted octanol–water partition coefficient (Wildman–Crippen LogP) is 3.36. The maximum atomic E-state index is 5.99. The van der Waals surface area contributed by atoms with Gasteiger partial charge in [0.15, 0.2) is 5.82 Å². The van der Waals surface area contributed by atoms with Gasteiger partial charge in [-0.15, -0.1) is 6.58 Å². The van der Waals surface area contributed by atoms with E-state index in [1.807, 2.05) is 47.3 Å². The first-order chi connectivity index (χ1) is 12.2. The molecule has 0 N–H and O–H groups in total. The van der Waals surface area contributed by atoms with E-state index in [9.17, 15) is 0 Å². The molecule has 1 saturated heterocycles. The van der Waals surface area contributed by atoms with Crippen LogP contribution in [0.1, 0.15) is 0 Å². The van der Waals surface area contributed by atoms with Crippen molar-refractivity contribution in [1.82, 2.24) is 19.5 Å². The number of anilines is 1. The van der Waals surface area contributed by atoms with Crippen LogP contribution in [0.4, 0.5) is 5.82 Å². The average Bonchev–Trinajstić information content (AvgIpc) is 3.07. The third-order valence-corrected chi connectivity index (χ3v) is 4.82. The molecule has 2 aromatic heterocycles. The molecular formula is C19H20ClN5. The van der Waals surface area contributed by atoms with Gasteiger partial charge in [-0.2, -0.15) is 5.10 Å². The number of nitrogens with zero attached hydrogens (tertiary/aromatic N) is 5. The second-order valence-electron chi connectivity index (χ2n) is 6.19. The van der Waals surface area contributed by atoms with Gasteiger partial charge in [0.05, 0.1) is 5.69 Å². The molecule has 3 heterocycles. The van der Waals surface area contributed by atoms with Crippen molar-refractivity contribution in [3.8, 4) is 11.3 Å². The summed E-state index contributed by atoms with van der Waals surface area (Å²) in [6, 6.07) is 9.86. The Bertz CT molecular complexity index is 878. The molecule has 0 radical (unpaired) electrons. The highest BCUT2D eigenvalue weighted by Crippen LogP contribution is 2.26. The molecule has 0 atom stereocenters. The second kappa shape index (κ2) is 6.86. The zero-order chi connectivity index (χ0) is 17.2. The van der Waals surface area contributed by atoms with Gasteiger partial charge in [-0.3, -0.25) is 4.90 Å². The van der Waals surface area contributed by atoms with Crippen LogP contribution in [-0.2, 0) is 0 Å². The predicted molar refractivity (Wildman–Crippen MR) is 102 cm³/mol. The van der Waals surface area contributed by atoms with E-state index in [2.05, 4.69) is 27.4 Å². The van der Waals surface area contributed by atoms with Gasteiger partial charge in [0, 0.05) is 55.7 Å². The monoisotopic (exact) mass is 353 g/mol. The van der Waals surface area contributed by atoms with Crippen molar-refractivity contribution in [3.05, 3.63) is 60.4 Å². The van der Waals surface area contributed by atoms with Crippen LogP contribution in [0.5, 0.6) is 0 Å². The average molecular weight is 354 g/mol. The quantitative estimate of drug-likeness (QED) is 0.674. The van der Waals surface area contributed by atoms with Crippen molar-refractivity contribution in [2.75, 3.05) is 37.6 Å². The van der Waals surface area contributed by atoms with E-state index in [1.54, 1.807) is 0 Å². The third kappa shape index (κ3) is 3.25. The Labute approximate surface area is 152 Å². The van der Waals surface area contributed by atoms with Crippen molar-refractivity contribution in [2.45, 2.75) is 0 Å². The number of aromatic nitrogens is 3. The van der Waals surface area contributed by atoms with Crippen LogP contribution >= 0.6 is 11.6 Å². The maximum absolute atomic E-state index is 5.99. The Balaban J connectivity index is 1.64. The highest BCUT2D eigenvalue weighted by molar-refractivity contribution is 6.30. The molecule has 0 unspecified atom stereocenters. The number of hydrogen-bond donors (Lipinski definition) is 0. The highest BCUT2D eigenvalue weighted by Gasteiger charge is 2.20. The molecule has 3 aromatic rings. The fourth-order valence-electron chi connectivity index (χ4n) is 3.24. The summed E-state index contributed by atoms with van der Waals surface area (Å²) in [6.07, 6.45) is 5.67. The van der Waals surface area contributed by atoms with Gasteiger partial charge in [0.25, 0.3) is 0 Å². The number of hydrogen-bond acceptors (Lipinski definition) is 4. The van der Waals surface area contributed by atoms with E-state index in [0.29, 0.717) is 0 Å². The topological polar surface area (TPSA) is 36.7 Å². The van der Waals surface area contributed by atoms with Crippen LogP contribution in [0.2, 0.25) is 5.02 Å². The van der Waals surface area contributed by atoms with Gasteiger partial charge in [-0.05, 0) is 18.2 Å². The Morgan fingerprint density at radius 2 is 1.88 bits per heavy atom. The van der Waals surface area contributed by atoms with Gasteiger partial charge in [0.1, 0.15) is 5.52 Å². The molecule has 0 spiro atoms. The zero-order valence-electron chi connectivity index (χ0n) is 14.0. The highest BCUT2D eigenvalue weighted by atomic mass is 35.5. The number of benzene rings is 1. The van der Waals surface area contributed by atoms with E-state index in [4.69, 9.17) is 16.7 Å². The molecule has 0 bridgehead atoms. The van der Waals surface area contributed by atoms with E-state index >= 15 is 0 Å². The first-order valence-corrected chi connectivity index (χ1v) is 8.81. The first-order valence-electron chi connectivity index (χ1n) is 8.43. The van der Waals surface area contributed by atoms with Crippen molar-refractivity contribution in [2.24, 2.45) is 0 Å². The fourth-order valence-corrected chi connectivity index (χ4v) is 3.36. The largest absolute Gasteiger partial charge is 0.352 e. The van der Waals surface area contributed by atoms with E-state index < -0.39 is 0 Å². The van der Waals surface area contributed by atoms with Crippen LogP contribution < -0.4 is 4.90 Å². The molecule has 0 amide bonds. The lowest BCUT2D eigenvalue weighted by molar-refractivity contribution is 0.283. The lowest BCUT2D eigenvalue weighted by atomic mass is 10.1. The van der Waals surface area contributed by atoms with Gasteiger partial charge in [-0.1, -0.05) is 29.8 Å². The smallest absolute Gasteiger partial charge is 0.154 e. The van der Waals surface area contributed by atoms with Crippen molar-refractivity contribution in [3.63, 3.8) is 0 Å². The van der Waals surface area contributed by atoms with Crippen molar-refractivity contribution < 1.29 is 0 Å². The minimum absolute atomic E-state index is 0.729. The van der Waals surface area contributed by atoms with E-state index in [1.165, 1.54) is 0 Å². The minimum Gasteiger partial charge on any atom is -0.352 e. The van der Waals surface area contributed by atoms with Crippen molar-refractivity contribution in [1.29, 1.82) is 0 Å². The van der Waals surface area contributed by atoms with Gasteiger partial charge >= 0.3 is 0 Å². The molecule has 4 rings (SSSR count). The summed E-state index contributed by atoms with van der Waals surface area (Å²) in [4.78, 5) is 9.37. The lowest BCUT2D eigenvalue weighted by Crippen LogP contribution is -2.46. The van der Waals surface area contributed by atoms with Crippen LogP contribution in [0, 0.1) is 0 Å². The van der Waals surface area contributed by atoms with E-state index in [0.717, 1.165) is 60.3 Å². The molecule has 5 nitrogen and oxygen atoms in total. The summed E-state index contributed by atoms with van der Waals surface area (Å²) in [5, 5.41) is 5.42. The van der Waals surface area contributed by atoms with Gasteiger partial charge in [-0.25, -0.2) is 9.50 Å². The maximum Gasteiger partial charge on any atom is 0.154 e. The Morgan fingerprint density at radius 3 is 2.60 bits per heavy atom. The van der Waals surface area contributed by atoms with E-state index in [-0.39, 0.29) is 0 Å². The summed E-state index contributed by atoms with van der Waals surface area (Å²) in [6.45, 7) is 8.73. The Morgan fingerprint density at radius 1 is 1.12 bits per heavy atom. The Kier molecular flexibility index (Phi) is 4.42. The number of halogens is 1. The van der Waals surface area contributed by atoms with Crippen LogP contribution in [0.15, 0.2) is 55.4 Å². The normalized spacial score (nSPS) is 15.6. The fraction of sp³-hybridized carbons (Fsp3) is 0.263. The minimum atomic E-state index is 0.729. The summed E-state index contributed by atoms with van der Waals surface area (Å²) < 4.78 is 1.91. The van der Waals surface area contributed by atoms with Gasteiger partial charge in [0.2, 0.25) is 0 Å². The Hall–Kier alpha value is -2.37. The van der Waals surface area contributed by atoms with Crippen LogP contribution in [-0.4, -0.2) is 52.2 Å². The standard InChI is InChI=1S/C19H20ClN5/c1-2-8-23-10-12-24(13-11-23)19-18-14-17(22-25(18)9-7-21-19)15-3-5-16(20)6-4-15/h2-7,9,14H,1,8,10-13H2. The van der Waals surface area contributed by atoms with Crippen LogP contribution in [0.3, 0.4) is 0 Å². The molecule has 0 saturated carbocycles. The van der Waals surface area contributed by atoms with Crippen LogP contribution in [0.25, 0.3) is 16.8 Å². The summed E-state index contributed by atoms with van der Waals surface area (Å²) in [5.41, 5.74) is 3.01. The lowest BCUT2D eigenvalue weighted by Gasteiger charge is -2.34. The first kappa shape index (κ1) is 16.1. The molecule has 6 heteroatoms. The molecule has 0 aliphatic carbocycles. The molecule has 25 heavy (non-hydrogen) atoms. The molecule has 128 valence electrons. The second-order valence-corrected chi connectivity index (χ2v) is 6.63. The van der Waals surface area contributed by atoms with Gasteiger partial charge < -0.3 is 4.90 Å².